The Morgan fingerprint density at radius 3 is 2.00 bits per heavy atom. The van der Waals surface area contributed by atoms with Gasteiger partial charge in [0, 0.05) is 28.2 Å². The van der Waals surface area contributed by atoms with Gasteiger partial charge >= 0.3 is 0 Å². The van der Waals surface area contributed by atoms with E-state index in [2.05, 4.69) is 13.0 Å². The summed E-state index contributed by atoms with van der Waals surface area (Å²) in [5.74, 6) is 0.186. The molecule has 3 rings (SSSR count). The van der Waals surface area contributed by atoms with E-state index in [4.69, 9.17) is 0 Å². The molecule has 4 heteroatoms. The summed E-state index contributed by atoms with van der Waals surface area (Å²) in [7, 11) is 0. The van der Waals surface area contributed by atoms with E-state index < -0.39 is 10.8 Å². The lowest BCUT2D eigenvalue weighted by Crippen LogP contribution is -2.52. The van der Waals surface area contributed by atoms with Crippen molar-refractivity contribution in [2.75, 3.05) is 9.80 Å². The molecule has 2 amide bonds. The molecule has 0 N–H and O–H groups in total. The molecule has 0 radical (unpaired) electrons. The molecular weight excluding hydrogens is 372 g/mol. The largest absolute Gasteiger partial charge is 0.309 e. The maximum absolute atomic E-state index is 13.6. The van der Waals surface area contributed by atoms with Crippen molar-refractivity contribution in [1.29, 1.82) is 0 Å². The van der Waals surface area contributed by atoms with E-state index in [0.29, 0.717) is 6.42 Å². The SMILES string of the molecule is C[C@H]1C[C@H](N(C(=O)C(C)(C)C)c2ccccc2)c2ccccc2N1C(=O)C(C)(C)C. The highest BCUT2D eigenvalue weighted by atomic mass is 16.2. The number of carbonyl (C=O) groups excluding carboxylic acids is 2. The molecule has 1 aliphatic rings. The third-order valence-electron chi connectivity index (χ3n) is 5.63. The van der Waals surface area contributed by atoms with Crippen LogP contribution >= 0.6 is 0 Å². The molecule has 30 heavy (non-hydrogen) atoms. The number of hydrogen-bond donors (Lipinski definition) is 0. The summed E-state index contributed by atoms with van der Waals surface area (Å²) < 4.78 is 0. The van der Waals surface area contributed by atoms with Crippen molar-refractivity contribution < 1.29 is 9.59 Å². The molecule has 0 bridgehead atoms. The van der Waals surface area contributed by atoms with Crippen LogP contribution in [-0.2, 0) is 9.59 Å². The van der Waals surface area contributed by atoms with Crippen LogP contribution in [0.15, 0.2) is 54.6 Å². The average molecular weight is 407 g/mol. The summed E-state index contributed by atoms with van der Waals surface area (Å²) in [5, 5.41) is 0. The van der Waals surface area contributed by atoms with Crippen molar-refractivity contribution in [3.63, 3.8) is 0 Å². The number of amides is 2. The first kappa shape index (κ1) is 22.1. The minimum atomic E-state index is -0.521. The van der Waals surface area contributed by atoms with Crippen LogP contribution in [0.5, 0.6) is 0 Å². The number of para-hydroxylation sites is 2. The van der Waals surface area contributed by atoms with Crippen molar-refractivity contribution in [3.8, 4) is 0 Å². The Morgan fingerprint density at radius 2 is 1.43 bits per heavy atom. The monoisotopic (exact) mass is 406 g/mol. The fourth-order valence-corrected chi connectivity index (χ4v) is 4.09. The van der Waals surface area contributed by atoms with Crippen LogP contribution in [-0.4, -0.2) is 17.9 Å². The van der Waals surface area contributed by atoms with Gasteiger partial charge in [-0.15, -0.1) is 0 Å². The second-order valence-electron chi connectivity index (χ2n) is 10.3. The van der Waals surface area contributed by atoms with Gasteiger partial charge in [0.2, 0.25) is 11.8 Å². The van der Waals surface area contributed by atoms with Crippen LogP contribution in [0.4, 0.5) is 11.4 Å². The third-order valence-corrected chi connectivity index (χ3v) is 5.63. The van der Waals surface area contributed by atoms with E-state index in [1.165, 1.54) is 0 Å². The first-order valence-corrected chi connectivity index (χ1v) is 10.7. The third kappa shape index (κ3) is 4.14. The Labute approximate surface area is 180 Å². The molecule has 0 aliphatic carbocycles. The van der Waals surface area contributed by atoms with Gasteiger partial charge in [-0.3, -0.25) is 9.59 Å². The Morgan fingerprint density at radius 1 is 0.867 bits per heavy atom. The van der Waals surface area contributed by atoms with Gasteiger partial charge in [-0.05, 0) is 37.1 Å². The van der Waals surface area contributed by atoms with E-state index in [-0.39, 0.29) is 23.9 Å². The molecule has 2 aromatic carbocycles. The molecule has 1 aliphatic heterocycles. The van der Waals surface area contributed by atoms with Gasteiger partial charge in [-0.25, -0.2) is 0 Å². The highest BCUT2D eigenvalue weighted by molar-refractivity contribution is 6.01. The molecule has 2 atom stereocenters. The quantitative estimate of drug-likeness (QED) is 0.616. The van der Waals surface area contributed by atoms with Gasteiger partial charge in [0.05, 0.1) is 6.04 Å². The molecule has 0 spiro atoms. The standard InChI is InChI=1S/C26H34N2O2/c1-18-17-22(28(24(30)26(5,6)7)19-13-9-8-10-14-19)20-15-11-12-16-21(20)27(18)23(29)25(2,3)4/h8-16,18,22H,17H2,1-7H3/t18-,22-/m0/s1. The summed E-state index contributed by atoms with van der Waals surface area (Å²) in [6, 6.07) is 17.7. The predicted molar refractivity (Wildman–Crippen MR) is 124 cm³/mol. The van der Waals surface area contributed by atoms with Crippen LogP contribution < -0.4 is 9.80 Å². The summed E-state index contributed by atoms with van der Waals surface area (Å²) in [5.41, 5.74) is 1.82. The molecule has 0 fully saturated rings. The lowest BCUT2D eigenvalue weighted by molar-refractivity contribution is -0.126. The maximum atomic E-state index is 13.6. The summed E-state index contributed by atoms with van der Waals surface area (Å²) in [6.07, 6.45) is 0.690. The molecule has 0 saturated heterocycles. The van der Waals surface area contributed by atoms with Crippen molar-refractivity contribution in [2.24, 2.45) is 10.8 Å². The number of rotatable bonds is 2. The minimum absolute atomic E-state index is 0.0180. The predicted octanol–water partition coefficient (Wildman–Crippen LogP) is 5.98. The van der Waals surface area contributed by atoms with Crippen LogP contribution in [0.25, 0.3) is 0 Å². The van der Waals surface area contributed by atoms with Crippen LogP contribution in [0.2, 0.25) is 0 Å². The molecule has 0 saturated carbocycles. The van der Waals surface area contributed by atoms with Crippen LogP contribution in [0.1, 0.15) is 66.5 Å². The van der Waals surface area contributed by atoms with Crippen LogP contribution in [0.3, 0.4) is 0 Å². The lowest BCUT2D eigenvalue weighted by atomic mass is 9.85. The van der Waals surface area contributed by atoms with Crippen molar-refractivity contribution in [3.05, 3.63) is 60.2 Å². The Balaban J connectivity index is 2.16. The number of nitrogens with zero attached hydrogens (tertiary/aromatic N) is 2. The van der Waals surface area contributed by atoms with E-state index in [9.17, 15) is 9.59 Å². The summed E-state index contributed by atoms with van der Waals surface area (Å²) in [6.45, 7) is 13.8. The van der Waals surface area contributed by atoms with E-state index in [0.717, 1.165) is 16.9 Å². The van der Waals surface area contributed by atoms with E-state index in [1.807, 2.05) is 99.9 Å². The first-order chi connectivity index (χ1) is 13.9. The van der Waals surface area contributed by atoms with Gasteiger partial charge in [0.15, 0.2) is 0 Å². The fourth-order valence-electron chi connectivity index (χ4n) is 4.09. The van der Waals surface area contributed by atoms with Crippen LogP contribution in [0, 0.1) is 10.8 Å². The van der Waals surface area contributed by atoms with Crippen molar-refractivity contribution in [2.45, 2.75) is 67.0 Å². The molecule has 1 heterocycles. The highest BCUT2D eigenvalue weighted by Gasteiger charge is 2.42. The highest BCUT2D eigenvalue weighted by Crippen LogP contribution is 2.44. The normalized spacial score (nSPS) is 19.2. The molecule has 4 nitrogen and oxygen atoms in total. The minimum Gasteiger partial charge on any atom is -0.309 e. The maximum Gasteiger partial charge on any atom is 0.232 e. The summed E-state index contributed by atoms with van der Waals surface area (Å²) >= 11 is 0. The fraction of sp³-hybridized carbons (Fsp3) is 0.462. The number of hydrogen-bond acceptors (Lipinski definition) is 2. The van der Waals surface area contributed by atoms with Gasteiger partial charge in [-0.1, -0.05) is 77.9 Å². The Hall–Kier alpha value is -2.62. The molecule has 160 valence electrons. The second-order valence-corrected chi connectivity index (χ2v) is 10.3. The number of anilines is 2. The molecule has 2 aromatic rings. The van der Waals surface area contributed by atoms with Gasteiger partial charge < -0.3 is 9.80 Å². The second kappa shape index (κ2) is 7.90. The van der Waals surface area contributed by atoms with Gasteiger partial charge in [0.1, 0.15) is 0 Å². The summed E-state index contributed by atoms with van der Waals surface area (Å²) in [4.78, 5) is 30.7. The number of benzene rings is 2. The zero-order valence-corrected chi connectivity index (χ0v) is 19.3. The smallest absolute Gasteiger partial charge is 0.232 e. The van der Waals surface area contributed by atoms with E-state index in [1.54, 1.807) is 0 Å². The van der Waals surface area contributed by atoms with Gasteiger partial charge in [-0.2, -0.15) is 0 Å². The number of fused-ring (bicyclic) bond motifs is 1. The van der Waals surface area contributed by atoms with Gasteiger partial charge in [0.25, 0.3) is 0 Å². The van der Waals surface area contributed by atoms with Crippen molar-refractivity contribution >= 4 is 23.2 Å². The topological polar surface area (TPSA) is 40.6 Å². The first-order valence-electron chi connectivity index (χ1n) is 10.7. The molecular formula is C26H34N2O2. The zero-order valence-electron chi connectivity index (χ0n) is 19.3. The van der Waals surface area contributed by atoms with Crippen molar-refractivity contribution in [1.82, 2.24) is 0 Å². The lowest BCUT2D eigenvalue weighted by Gasteiger charge is -2.46. The number of carbonyl (C=O) groups is 2. The zero-order chi connectivity index (χ0) is 22.3. The van der Waals surface area contributed by atoms with E-state index >= 15 is 0 Å². The average Bonchev–Trinajstić information content (AvgIpc) is 2.67. The molecule has 0 aromatic heterocycles. The Kier molecular flexibility index (Phi) is 5.81. The Bertz CT molecular complexity index is 922. The molecule has 0 unspecified atom stereocenters.